The van der Waals surface area contributed by atoms with Crippen molar-refractivity contribution in [1.82, 2.24) is 0 Å². The molecule has 16 heavy (non-hydrogen) atoms. The molecule has 0 aliphatic heterocycles. The van der Waals surface area contributed by atoms with E-state index in [1.54, 1.807) is 31.2 Å². The molecule has 0 aromatic heterocycles. The SMILES string of the molecule is CCC(Cl)Oc1ccc(C(=O)C(C)Br)cc1. The number of carbonyl (C=O) groups is 1. The van der Waals surface area contributed by atoms with Gasteiger partial charge in [-0.05, 0) is 37.6 Å². The minimum absolute atomic E-state index is 0.0597. The number of carbonyl (C=O) groups excluding carboxylic acids is 1. The van der Waals surface area contributed by atoms with Crippen LogP contribution >= 0.6 is 27.5 Å². The van der Waals surface area contributed by atoms with E-state index in [1.165, 1.54) is 0 Å². The highest BCUT2D eigenvalue weighted by atomic mass is 79.9. The number of halogens is 2. The first-order chi connectivity index (χ1) is 7.54. The van der Waals surface area contributed by atoms with E-state index in [4.69, 9.17) is 16.3 Å². The zero-order valence-corrected chi connectivity index (χ0v) is 11.6. The second-order valence-electron chi connectivity index (χ2n) is 3.44. The molecule has 1 rings (SSSR count). The molecule has 2 atom stereocenters. The third kappa shape index (κ3) is 3.80. The summed E-state index contributed by atoms with van der Waals surface area (Å²) in [4.78, 5) is 11.4. The number of hydrogen-bond acceptors (Lipinski definition) is 2. The van der Waals surface area contributed by atoms with Gasteiger partial charge in [0, 0.05) is 5.56 Å². The number of benzene rings is 1. The molecule has 2 unspecified atom stereocenters. The summed E-state index contributed by atoms with van der Waals surface area (Å²) >= 11 is 9.10. The van der Waals surface area contributed by atoms with Gasteiger partial charge in [-0.2, -0.15) is 0 Å². The van der Waals surface area contributed by atoms with Crippen LogP contribution in [-0.4, -0.2) is 16.2 Å². The average Bonchev–Trinajstić information content (AvgIpc) is 2.28. The van der Waals surface area contributed by atoms with Crippen molar-refractivity contribution in [1.29, 1.82) is 0 Å². The van der Waals surface area contributed by atoms with Crippen LogP contribution in [0, 0.1) is 0 Å². The third-order valence-electron chi connectivity index (χ3n) is 2.09. The van der Waals surface area contributed by atoms with Crippen molar-refractivity contribution in [3.05, 3.63) is 29.8 Å². The summed E-state index contributed by atoms with van der Waals surface area (Å²) in [7, 11) is 0. The number of Topliss-reactive ketones (excluding diaryl/α,β-unsaturated/α-hetero) is 1. The maximum atomic E-state index is 11.6. The number of alkyl halides is 2. The Morgan fingerprint density at radius 2 is 2.00 bits per heavy atom. The van der Waals surface area contributed by atoms with Crippen molar-refractivity contribution in [2.45, 2.75) is 30.7 Å². The fourth-order valence-corrected chi connectivity index (χ4v) is 1.53. The van der Waals surface area contributed by atoms with Crippen LogP contribution in [0.4, 0.5) is 0 Å². The van der Waals surface area contributed by atoms with Crippen molar-refractivity contribution < 1.29 is 9.53 Å². The molecule has 0 N–H and O–H groups in total. The molecule has 0 aliphatic rings. The largest absolute Gasteiger partial charge is 0.475 e. The Labute approximate surface area is 109 Å². The zero-order chi connectivity index (χ0) is 12.1. The van der Waals surface area contributed by atoms with Crippen LogP contribution < -0.4 is 4.74 Å². The van der Waals surface area contributed by atoms with Crippen molar-refractivity contribution in [3.63, 3.8) is 0 Å². The van der Waals surface area contributed by atoms with Crippen molar-refractivity contribution in [2.24, 2.45) is 0 Å². The summed E-state index contributed by atoms with van der Waals surface area (Å²) in [5, 5.41) is 0. The predicted molar refractivity (Wildman–Crippen MR) is 69.7 cm³/mol. The third-order valence-corrected chi connectivity index (χ3v) is 2.90. The molecule has 0 fully saturated rings. The van der Waals surface area contributed by atoms with Crippen LogP contribution in [-0.2, 0) is 0 Å². The number of rotatable bonds is 5. The van der Waals surface area contributed by atoms with Gasteiger partial charge in [0.25, 0.3) is 0 Å². The Bertz CT molecular complexity index is 349. The lowest BCUT2D eigenvalue weighted by Gasteiger charge is -2.11. The topological polar surface area (TPSA) is 26.3 Å². The van der Waals surface area contributed by atoms with E-state index >= 15 is 0 Å². The Balaban J connectivity index is 2.71. The second-order valence-corrected chi connectivity index (χ2v) is 5.30. The van der Waals surface area contributed by atoms with Gasteiger partial charge in [0.05, 0.1) is 4.83 Å². The normalized spacial score (nSPS) is 14.2. The van der Waals surface area contributed by atoms with E-state index in [0.29, 0.717) is 11.3 Å². The van der Waals surface area contributed by atoms with Gasteiger partial charge in [-0.3, -0.25) is 4.79 Å². The molecular weight excluding hydrogens is 291 g/mol. The van der Waals surface area contributed by atoms with Crippen LogP contribution in [0.15, 0.2) is 24.3 Å². The summed E-state index contributed by atoms with van der Waals surface area (Å²) in [5.74, 6) is 0.741. The molecule has 1 aromatic rings. The van der Waals surface area contributed by atoms with E-state index in [-0.39, 0.29) is 16.2 Å². The average molecular weight is 306 g/mol. The van der Waals surface area contributed by atoms with Crippen molar-refractivity contribution >= 4 is 33.3 Å². The lowest BCUT2D eigenvalue weighted by atomic mass is 10.1. The van der Waals surface area contributed by atoms with E-state index in [2.05, 4.69) is 15.9 Å². The smallest absolute Gasteiger partial charge is 0.176 e. The minimum atomic E-state index is -0.323. The highest BCUT2D eigenvalue weighted by Crippen LogP contribution is 2.18. The molecule has 0 amide bonds. The highest BCUT2D eigenvalue weighted by molar-refractivity contribution is 9.10. The molecule has 4 heteroatoms. The summed E-state index contributed by atoms with van der Waals surface area (Å²) in [6.45, 7) is 3.75. The lowest BCUT2D eigenvalue weighted by Crippen LogP contribution is -2.10. The molecule has 88 valence electrons. The van der Waals surface area contributed by atoms with E-state index in [1.807, 2.05) is 6.92 Å². The van der Waals surface area contributed by atoms with Gasteiger partial charge in [0.1, 0.15) is 5.75 Å². The van der Waals surface area contributed by atoms with Gasteiger partial charge in [-0.25, -0.2) is 0 Å². The van der Waals surface area contributed by atoms with E-state index in [9.17, 15) is 4.79 Å². The lowest BCUT2D eigenvalue weighted by molar-refractivity contribution is 0.0996. The molecular formula is C12H14BrClO2. The Kier molecular flexibility index (Phi) is 5.29. The fraction of sp³-hybridized carbons (Fsp3) is 0.417. The van der Waals surface area contributed by atoms with Gasteiger partial charge >= 0.3 is 0 Å². The maximum absolute atomic E-state index is 11.6. The first kappa shape index (κ1) is 13.5. The monoisotopic (exact) mass is 304 g/mol. The number of ketones is 1. The molecule has 1 aromatic carbocycles. The van der Waals surface area contributed by atoms with Crippen LogP contribution in [0.1, 0.15) is 30.6 Å². The van der Waals surface area contributed by atoms with E-state index in [0.717, 1.165) is 6.42 Å². The summed E-state index contributed by atoms with van der Waals surface area (Å²) in [6.07, 6.45) is 0.737. The standard InChI is InChI=1S/C12H14BrClO2/c1-3-11(14)16-10-6-4-9(5-7-10)12(15)8(2)13/h4-8,11H,3H2,1-2H3. The molecule has 0 spiro atoms. The molecule has 0 radical (unpaired) electrons. The van der Waals surface area contributed by atoms with Crippen molar-refractivity contribution in [2.75, 3.05) is 0 Å². The zero-order valence-electron chi connectivity index (χ0n) is 9.24. The molecule has 2 nitrogen and oxygen atoms in total. The first-order valence-electron chi connectivity index (χ1n) is 5.13. The van der Waals surface area contributed by atoms with Crippen LogP contribution in [0.2, 0.25) is 0 Å². The molecule has 0 saturated heterocycles. The highest BCUT2D eigenvalue weighted by Gasteiger charge is 2.11. The Hall–Kier alpha value is -0.540. The predicted octanol–water partition coefficient (Wildman–Crippen LogP) is 4.01. The van der Waals surface area contributed by atoms with Gasteiger partial charge in [-0.15, -0.1) is 0 Å². The Morgan fingerprint density at radius 3 is 2.44 bits per heavy atom. The van der Waals surface area contributed by atoms with Crippen LogP contribution in [0.3, 0.4) is 0 Å². The van der Waals surface area contributed by atoms with Gasteiger partial charge in [0.15, 0.2) is 11.3 Å². The molecule has 0 heterocycles. The van der Waals surface area contributed by atoms with Crippen LogP contribution in [0.5, 0.6) is 5.75 Å². The van der Waals surface area contributed by atoms with E-state index < -0.39 is 0 Å². The summed E-state index contributed by atoms with van der Waals surface area (Å²) < 4.78 is 5.40. The van der Waals surface area contributed by atoms with Crippen LogP contribution in [0.25, 0.3) is 0 Å². The molecule has 0 aliphatic carbocycles. The van der Waals surface area contributed by atoms with Gasteiger partial charge in [0.2, 0.25) is 0 Å². The molecule has 0 bridgehead atoms. The quantitative estimate of drug-likeness (QED) is 0.607. The van der Waals surface area contributed by atoms with Crippen molar-refractivity contribution in [3.8, 4) is 5.75 Å². The summed E-state index contributed by atoms with van der Waals surface area (Å²) in [6, 6.07) is 7.00. The number of ether oxygens (including phenoxy) is 1. The van der Waals surface area contributed by atoms with Gasteiger partial charge in [-0.1, -0.05) is 34.5 Å². The summed E-state index contributed by atoms with van der Waals surface area (Å²) in [5.41, 5.74) is 0.344. The number of hydrogen-bond donors (Lipinski definition) is 0. The molecule has 0 saturated carbocycles. The van der Waals surface area contributed by atoms with Gasteiger partial charge < -0.3 is 4.74 Å². The maximum Gasteiger partial charge on any atom is 0.176 e. The first-order valence-corrected chi connectivity index (χ1v) is 6.49. The fourth-order valence-electron chi connectivity index (χ4n) is 1.16. The minimum Gasteiger partial charge on any atom is -0.475 e. The second kappa shape index (κ2) is 6.26. The Morgan fingerprint density at radius 1 is 1.44 bits per heavy atom.